The monoisotopic (exact) mass is 210 g/mol. The van der Waals surface area contributed by atoms with Crippen molar-refractivity contribution in [1.82, 2.24) is 10.6 Å². The van der Waals surface area contributed by atoms with Gasteiger partial charge < -0.3 is 10.6 Å². The largest absolute Gasteiger partial charge is 0.317 e. The summed E-state index contributed by atoms with van der Waals surface area (Å²) in [4.78, 5) is 0. The normalized spacial score (nSPS) is 34.2. The Morgan fingerprint density at radius 3 is 2.67 bits per heavy atom. The molecule has 0 bridgehead atoms. The van der Waals surface area contributed by atoms with Crippen LogP contribution in [0.5, 0.6) is 0 Å². The Bertz CT molecular complexity index is 175. The van der Waals surface area contributed by atoms with Gasteiger partial charge in [-0.25, -0.2) is 0 Å². The molecule has 0 spiro atoms. The summed E-state index contributed by atoms with van der Waals surface area (Å²) in [6.45, 7) is 6.10. The van der Waals surface area contributed by atoms with Gasteiger partial charge in [0.15, 0.2) is 0 Å². The molecule has 2 atom stereocenters. The number of rotatable bonds is 3. The lowest BCUT2D eigenvalue weighted by Gasteiger charge is -2.30. The molecule has 1 saturated carbocycles. The molecule has 2 aliphatic rings. The Morgan fingerprint density at radius 2 is 1.93 bits per heavy atom. The SMILES string of the molecule is CC1CCCC(CNC2CCNCC2)C1. The van der Waals surface area contributed by atoms with Gasteiger partial charge in [0.05, 0.1) is 0 Å². The van der Waals surface area contributed by atoms with Crippen molar-refractivity contribution >= 4 is 0 Å². The Morgan fingerprint density at radius 1 is 1.13 bits per heavy atom. The van der Waals surface area contributed by atoms with E-state index in [0.29, 0.717) is 0 Å². The van der Waals surface area contributed by atoms with E-state index in [9.17, 15) is 0 Å². The predicted molar refractivity (Wildman–Crippen MR) is 65.0 cm³/mol. The van der Waals surface area contributed by atoms with Gasteiger partial charge in [-0.2, -0.15) is 0 Å². The summed E-state index contributed by atoms with van der Waals surface area (Å²) in [6.07, 6.45) is 8.48. The summed E-state index contributed by atoms with van der Waals surface area (Å²) in [5, 5.41) is 7.19. The highest BCUT2D eigenvalue weighted by atomic mass is 15.0. The maximum atomic E-state index is 3.77. The fraction of sp³-hybridized carbons (Fsp3) is 1.00. The summed E-state index contributed by atoms with van der Waals surface area (Å²) in [6, 6.07) is 0.795. The van der Waals surface area contributed by atoms with E-state index < -0.39 is 0 Å². The third-order valence-electron chi connectivity index (χ3n) is 4.08. The summed E-state index contributed by atoms with van der Waals surface area (Å²) >= 11 is 0. The lowest BCUT2D eigenvalue weighted by Crippen LogP contribution is -2.42. The molecule has 2 N–H and O–H groups in total. The van der Waals surface area contributed by atoms with Gasteiger partial charge in [-0.1, -0.05) is 19.8 Å². The van der Waals surface area contributed by atoms with Crippen molar-refractivity contribution in [2.24, 2.45) is 11.8 Å². The molecule has 1 heterocycles. The molecule has 0 aromatic carbocycles. The molecule has 2 rings (SSSR count). The average Bonchev–Trinajstić information content (AvgIpc) is 2.28. The van der Waals surface area contributed by atoms with Crippen LogP contribution in [-0.4, -0.2) is 25.7 Å². The molecule has 1 saturated heterocycles. The predicted octanol–water partition coefficient (Wildman–Crippen LogP) is 2.15. The van der Waals surface area contributed by atoms with E-state index in [2.05, 4.69) is 17.6 Å². The maximum absolute atomic E-state index is 3.77. The first-order valence-electron chi connectivity index (χ1n) is 6.78. The van der Waals surface area contributed by atoms with Crippen molar-refractivity contribution in [3.05, 3.63) is 0 Å². The molecule has 0 radical (unpaired) electrons. The number of hydrogen-bond acceptors (Lipinski definition) is 2. The third kappa shape index (κ3) is 3.76. The quantitative estimate of drug-likeness (QED) is 0.746. The molecule has 0 amide bonds. The van der Waals surface area contributed by atoms with E-state index >= 15 is 0 Å². The van der Waals surface area contributed by atoms with Crippen LogP contribution in [0.25, 0.3) is 0 Å². The molecule has 2 nitrogen and oxygen atoms in total. The van der Waals surface area contributed by atoms with Crippen molar-refractivity contribution in [3.8, 4) is 0 Å². The van der Waals surface area contributed by atoms with Gasteiger partial charge in [0.2, 0.25) is 0 Å². The van der Waals surface area contributed by atoms with Gasteiger partial charge in [-0.3, -0.25) is 0 Å². The Kier molecular flexibility index (Phi) is 4.45. The van der Waals surface area contributed by atoms with Gasteiger partial charge >= 0.3 is 0 Å². The standard InChI is InChI=1S/C13H26N2/c1-11-3-2-4-12(9-11)10-15-13-5-7-14-8-6-13/h11-15H,2-10H2,1H3. The van der Waals surface area contributed by atoms with Crippen LogP contribution < -0.4 is 10.6 Å². The van der Waals surface area contributed by atoms with Crippen molar-refractivity contribution in [3.63, 3.8) is 0 Å². The van der Waals surface area contributed by atoms with Crippen LogP contribution in [0.15, 0.2) is 0 Å². The van der Waals surface area contributed by atoms with Crippen LogP contribution in [0.1, 0.15) is 45.4 Å². The minimum atomic E-state index is 0.795. The maximum Gasteiger partial charge on any atom is 0.00913 e. The molecule has 2 unspecified atom stereocenters. The fourth-order valence-electron chi connectivity index (χ4n) is 3.10. The first-order valence-corrected chi connectivity index (χ1v) is 6.78. The molecular weight excluding hydrogens is 184 g/mol. The molecular formula is C13H26N2. The minimum Gasteiger partial charge on any atom is -0.317 e. The van der Waals surface area contributed by atoms with Crippen molar-refractivity contribution in [2.45, 2.75) is 51.5 Å². The summed E-state index contributed by atoms with van der Waals surface area (Å²) in [5.41, 5.74) is 0. The highest BCUT2D eigenvalue weighted by molar-refractivity contribution is 4.78. The summed E-state index contributed by atoms with van der Waals surface area (Å²) < 4.78 is 0. The second-order valence-corrected chi connectivity index (χ2v) is 5.57. The lowest BCUT2D eigenvalue weighted by atomic mass is 9.82. The van der Waals surface area contributed by atoms with Crippen molar-refractivity contribution in [2.75, 3.05) is 19.6 Å². The summed E-state index contributed by atoms with van der Waals surface area (Å²) in [5.74, 6) is 1.93. The minimum absolute atomic E-state index is 0.795. The van der Waals surface area contributed by atoms with Crippen LogP contribution in [0.3, 0.4) is 0 Å². The van der Waals surface area contributed by atoms with Crippen LogP contribution in [0.4, 0.5) is 0 Å². The van der Waals surface area contributed by atoms with E-state index in [4.69, 9.17) is 0 Å². The first kappa shape index (κ1) is 11.4. The van der Waals surface area contributed by atoms with Gasteiger partial charge in [0.1, 0.15) is 0 Å². The van der Waals surface area contributed by atoms with Gasteiger partial charge in [0.25, 0.3) is 0 Å². The van der Waals surface area contributed by atoms with Crippen molar-refractivity contribution in [1.29, 1.82) is 0 Å². The third-order valence-corrected chi connectivity index (χ3v) is 4.08. The molecule has 2 heteroatoms. The Balaban J connectivity index is 1.63. The van der Waals surface area contributed by atoms with Crippen LogP contribution in [0, 0.1) is 11.8 Å². The second kappa shape index (κ2) is 5.86. The number of hydrogen-bond donors (Lipinski definition) is 2. The van der Waals surface area contributed by atoms with Crippen molar-refractivity contribution < 1.29 is 0 Å². The zero-order valence-corrected chi connectivity index (χ0v) is 10.1. The van der Waals surface area contributed by atoms with E-state index in [1.54, 1.807) is 0 Å². The van der Waals surface area contributed by atoms with Gasteiger partial charge in [-0.05, 0) is 57.2 Å². The van der Waals surface area contributed by atoms with Crippen LogP contribution in [-0.2, 0) is 0 Å². The molecule has 88 valence electrons. The molecule has 1 aliphatic heterocycles. The summed E-state index contributed by atoms with van der Waals surface area (Å²) in [7, 11) is 0. The van der Waals surface area contributed by atoms with E-state index in [0.717, 1.165) is 17.9 Å². The van der Waals surface area contributed by atoms with E-state index in [1.807, 2.05) is 0 Å². The van der Waals surface area contributed by atoms with E-state index in [-0.39, 0.29) is 0 Å². The highest BCUT2D eigenvalue weighted by Crippen LogP contribution is 2.28. The number of nitrogens with one attached hydrogen (secondary N) is 2. The molecule has 15 heavy (non-hydrogen) atoms. The Hall–Kier alpha value is -0.0800. The zero-order valence-electron chi connectivity index (χ0n) is 10.1. The topological polar surface area (TPSA) is 24.1 Å². The number of piperidine rings is 1. The first-order chi connectivity index (χ1) is 7.34. The Labute approximate surface area is 94.2 Å². The fourth-order valence-corrected chi connectivity index (χ4v) is 3.10. The van der Waals surface area contributed by atoms with Crippen LogP contribution >= 0.6 is 0 Å². The lowest BCUT2D eigenvalue weighted by molar-refractivity contribution is 0.258. The van der Waals surface area contributed by atoms with Crippen LogP contribution in [0.2, 0.25) is 0 Å². The van der Waals surface area contributed by atoms with E-state index in [1.165, 1.54) is 58.2 Å². The average molecular weight is 210 g/mol. The van der Waals surface area contributed by atoms with Gasteiger partial charge in [0, 0.05) is 6.04 Å². The highest BCUT2D eigenvalue weighted by Gasteiger charge is 2.20. The molecule has 0 aromatic rings. The van der Waals surface area contributed by atoms with Gasteiger partial charge in [-0.15, -0.1) is 0 Å². The molecule has 2 fully saturated rings. The zero-order chi connectivity index (χ0) is 10.5. The molecule has 0 aromatic heterocycles. The molecule has 1 aliphatic carbocycles. The second-order valence-electron chi connectivity index (χ2n) is 5.57. The smallest absolute Gasteiger partial charge is 0.00913 e.